The first-order valence-electron chi connectivity index (χ1n) is 6.50. The SMILES string of the molecule is OB1OCCc2ccc(CCc3ccnnc3)cc21. The fraction of sp³-hybridized carbons (Fsp3) is 0.286. The summed E-state index contributed by atoms with van der Waals surface area (Å²) in [6, 6.07) is 8.25. The zero-order chi connectivity index (χ0) is 13.1. The maximum absolute atomic E-state index is 9.83. The van der Waals surface area contributed by atoms with Gasteiger partial charge in [0.2, 0.25) is 0 Å². The minimum Gasteiger partial charge on any atom is -0.423 e. The number of nitrogens with zero attached hydrogens (tertiary/aromatic N) is 2. The van der Waals surface area contributed by atoms with Crippen LogP contribution in [0.25, 0.3) is 0 Å². The molecule has 1 aliphatic heterocycles. The summed E-state index contributed by atoms with van der Waals surface area (Å²) >= 11 is 0. The first-order chi connectivity index (χ1) is 9.33. The molecule has 0 bridgehead atoms. The molecule has 0 spiro atoms. The fourth-order valence-electron chi connectivity index (χ4n) is 2.38. The smallest absolute Gasteiger partial charge is 0.423 e. The van der Waals surface area contributed by atoms with Gasteiger partial charge in [-0.15, -0.1) is 0 Å². The van der Waals surface area contributed by atoms with Gasteiger partial charge in [0.15, 0.2) is 0 Å². The van der Waals surface area contributed by atoms with Gasteiger partial charge in [-0.25, -0.2) is 0 Å². The fourth-order valence-corrected chi connectivity index (χ4v) is 2.38. The van der Waals surface area contributed by atoms with E-state index in [0.717, 1.165) is 24.7 Å². The first kappa shape index (κ1) is 12.3. The summed E-state index contributed by atoms with van der Waals surface area (Å²) in [6.45, 7) is 0.593. The molecule has 1 aromatic heterocycles. The quantitative estimate of drug-likeness (QED) is 0.811. The van der Waals surface area contributed by atoms with Crippen molar-refractivity contribution in [2.45, 2.75) is 19.3 Å². The highest BCUT2D eigenvalue weighted by Crippen LogP contribution is 2.11. The van der Waals surface area contributed by atoms with Crippen LogP contribution in [0.1, 0.15) is 16.7 Å². The lowest BCUT2D eigenvalue weighted by molar-refractivity contribution is 0.266. The van der Waals surface area contributed by atoms with E-state index in [1.807, 2.05) is 12.1 Å². The highest BCUT2D eigenvalue weighted by Gasteiger charge is 2.24. The molecule has 0 amide bonds. The molecule has 19 heavy (non-hydrogen) atoms. The number of hydrogen-bond donors (Lipinski definition) is 1. The number of aromatic nitrogens is 2. The van der Waals surface area contributed by atoms with E-state index in [2.05, 4.69) is 22.3 Å². The zero-order valence-electron chi connectivity index (χ0n) is 10.6. The van der Waals surface area contributed by atoms with Gasteiger partial charge in [-0.05, 0) is 47.5 Å². The van der Waals surface area contributed by atoms with Crippen LogP contribution in [0.3, 0.4) is 0 Å². The lowest BCUT2D eigenvalue weighted by Crippen LogP contribution is -2.41. The van der Waals surface area contributed by atoms with E-state index < -0.39 is 7.12 Å². The number of benzene rings is 1. The molecule has 2 aromatic rings. The number of aryl methyl sites for hydroxylation is 2. The van der Waals surface area contributed by atoms with Crippen LogP contribution >= 0.6 is 0 Å². The molecule has 1 N–H and O–H groups in total. The molecule has 4 nitrogen and oxygen atoms in total. The van der Waals surface area contributed by atoms with Gasteiger partial charge >= 0.3 is 7.12 Å². The molecular weight excluding hydrogens is 239 g/mol. The van der Waals surface area contributed by atoms with Gasteiger partial charge in [-0.1, -0.05) is 18.2 Å². The molecule has 3 rings (SSSR count). The van der Waals surface area contributed by atoms with Crippen molar-refractivity contribution < 1.29 is 9.68 Å². The van der Waals surface area contributed by atoms with Crippen LogP contribution in [0, 0.1) is 0 Å². The molecule has 0 saturated carbocycles. The topological polar surface area (TPSA) is 55.2 Å². The third-order valence-electron chi connectivity index (χ3n) is 3.47. The Balaban J connectivity index is 1.74. The number of rotatable bonds is 3. The van der Waals surface area contributed by atoms with Crippen molar-refractivity contribution in [2.75, 3.05) is 6.61 Å². The van der Waals surface area contributed by atoms with Crippen molar-refractivity contribution in [3.8, 4) is 0 Å². The molecule has 0 aliphatic carbocycles. The van der Waals surface area contributed by atoms with Crippen LogP contribution in [0.15, 0.2) is 36.7 Å². The van der Waals surface area contributed by atoms with Crippen molar-refractivity contribution in [3.63, 3.8) is 0 Å². The monoisotopic (exact) mass is 254 g/mol. The summed E-state index contributed by atoms with van der Waals surface area (Å²) in [6.07, 6.45) is 6.22. The first-order valence-corrected chi connectivity index (χ1v) is 6.50. The van der Waals surface area contributed by atoms with Crippen LogP contribution in [0.4, 0.5) is 0 Å². The summed E-state index contributed by atoms with van der Waals surface area (Å²) in [5, 5.41) is 17.5. The predicted octanol–water partition coefficient (Wildman–Crippen LogP) is 0.522. The maximum atomic E-state index is 9.83. The molecule has 1 aliphatic rings. The van der Waals surface area contributed by atoms with Crippen molar-refractivity contribution >= 4 is 12.6 Å². The minimum atomic E-state index is -0.772. The summed E-state index contributed by atoms with van der Waals surface area (Å²) in [4.78, 5) is 0. The van der Waals surface area contributed by atoms with Crippen molar-refractivity contribution in [2.24, 2.45) is 0 Å². The van der Waals surface area contributed by atoms with Crippen LogP contribution in [0.2, 0.25) is 0 Å². The Kier molecular flexibility index (Phi) is 3.57. The highest BCUT2D eigenvalue weighted by molar-refractivity contribution is 6.60. The summed E-state index contributed by atoms with van der Waals surface area (Å²) in [5.41, 5.74) is 4.48. The molecule has 0 radical (unpaired) electrons. The lowest BCUT2D eigenvalue weighted by Gasteiger charge is -2.19. The molecule has 5 heteroatoms. The Morgan fingerprint density at radius 3 is 2.89 bits per heavy atom. The molecule has 2 heterocycles. The maximum Gasteiger partial charge on any atom is 0.491 e. The average molecular weight is 254 g/mol. The molecular formula is C14H15BN2O2. The van der Waals surface area contributed by atoms with Crippen molar-refractivity contribution in [1.29, 1.82) is 0 Å². The second kappa shape index (κ2) is 5.51. The van der Waals surface area contributed by atoms with E-state index in [0.29, 0.717) is 6.61 Å². The second-order valence-corrected chi connectivity index (χ2v) is 4.76. The van der Waals surface area contributed by atoms with E-state index >= 15 is 0 Å². The van der Waals surface area contributed by atoms with E-state index in [1.54, 1.807) is 12.4 Å². The van der Waals surface area contributed by atoms with Crippen LogP contribution in [-0.4, -0.2) is 28.9 Å². The van der Waals surface area contributed by atoms with Gasteiger partial charge in [0.25, 0.3) is 0 Å². The summed E-state index contributed by atoms with van der Waals surface area (Å²) in [7, 11) is -0.772. The Morgan fingerprint density at radius 1 is 1.16 bits per heavy atom. The van der Waals surface area contributed by atoms with Gasteiger partial charge < -0.3 is 9.68 Å². The van der Waals surface area contributed by atoms with Gasteiger partial charge in [-0.2, -0.15) is 10.2 Å². The average Bonchev–Trinajstić information content (AvgIpc) is 2.47. The Hall–Kier alpha value is -1.72. The van der Waals surface area contributed by atoms with E-state index in [4.69, 9.17) is 4.65 Å². The summed E-state index contributed by atoms with van der Waals surface area (Å²) < 4.78 is 5.26. The van der Waals surface area contributed by atoms with E-state index in [1.165, 1.54) is 16.7 Å². The number of fused-ring (bicyclic) bond motifs is 1. The molecule has 96 valence electrons. The molecule has 0 atom stereocenters. The molecule has 0 fully saturated rings. The van der Waals surface area contributed by atoms with E-state index in [9.17, 15) is 5.02 Å². The molecule has 0 unspecified atom stereocenters. The van der Waals surface area contributed by atoms with Crippen LogP contribution in [-0.2, 0) is 23.9 Å². The second-order valence-electron chi connectivity index (χ2n) is 4.76. The Bertz CT molecular complexity index is 563. The van der Waals surface area contributed by atoms with Crippen LogP contribution < -0.4 is 5.46 Å². The molecule has 1 aromatic carbocycles. The number of hydrogen-bond acceptors (Lipinski definition) is 4. The predicted molar refractivity (Wildman–Crippen MR) is 73.1 cm³/mol. The Morgan fingerprint density at radius 2 is 2.05 bits per heavy atom. The summed E-state index contributed by atoms with van der Waals surface area (Å²) in [5.74, 6) is 0. The van der Waals surface area contributed by atoms with Gasteiger partial charge in [0.1, 0.15) is 0 Å². The van der Waals surface area contributed by atoms with E-state index in [-0.39, 0.29) is 0 Å². The highest BCUT2D eigenvalue weighted by atomic mass is 16.5. The third-order valence-corrected chi connectivity index (χ3v) is 3.47. The Labute approximate surface area is 112 Å². The standard InChI is InChI=1S/C14H15BN2O2/c18-15-14-9-11(3-4-13(14)6-8-19-15)1-2-12-5-7-16-17-10-12/h3-5,7,9-10,18H,1-2,6,8H2. The van der Waals surface area contributed by atoms with Crippen molar-refractivity contribution in [3.05, 3.63) is 53.3 Å². The van der Waals surface area contributed by atoms with Gasteiger partial charge in [-0.3, -0.25) is 0 Å². The minimum absolute atomic E-state index is 0.593. The largest absolute Gasteiger partial charge is 0.491 e. The lowest BCUT2D eigenvalue weighted by atomic mass is 9.73. The van der Waals surface area contributed by atoms with Gasteiger partial charge in [0.05, 0.1) is 6.20 Å². The van der Waals surface area contributed by atoms with Crippen LogP contribution in [0.5, 0.6) is 0 Å². The zero-order valence-corrected chi connectivity index (χ0v) is 10.6. The third kappa shape index (κ3) is 2.83. The normalized spacial score (nSPS) is 14.3. The van der Waals surface area contributed by atoms with Crippen molar-refractivity contribution in [1.82, 2.24) is 10.2 Å². The van der Waals surface area contributed by atoms with Gasteiger partial charge in [0, 0.05) is 12.8 Å². The molecule has 0 saturated heterocycles.